The second-order valence-corrected chi connectivity index (χ2v) is 7.43. The van der Waals surface area contributed by atoms with Crippen LogP contribution in [0, 0.1) is 26.6 Å². The molecule has 0 fully saturated rings. The molecule has 0 amide bonds. The number of hydrogen-bond acceptors (Lipinski definition) is 2. The largest absolute Gasteiger partial charge is 0.248 e. The zero-order chi connectivity index (χ0) is 19.2. The van der Waals surface area contributed by atoms with Gasteiger partial charge in [-0.1, -0.05) is 47.7 Å². The third-order valence-corrected chi connectivity index (χ3v) is 5.22. The van der Waals surface area contributed by atoms with Gasteiger partial charge in [0.2, 0.25) is 0 Å². The van der Waals surface area contributed by atoms with Crippen molar-refractivity contribution in [3.63, 3.8) is 0 Å². The Kier molecular flexibility index (Phi) is 6.25. The van der Waals surface area contributed by atoms with Gasteiger partial charge in [0, 0.05) is 10.5 Å². The van der Waals surface area contributed by atoms with Gasteiger partial charge in [-0.15, -0.1) is 0 Å². The van der Waals surface area contributed by atoms with Crippen molar-refractivity contribution in [1.29, 1.82) is 0 Å². The number of halogens is 1. The van der Waals surface area contributed by atoms with Gasteiger partial charge in [-0.25, -0.2) is 9.38 Å². The molecule has 0 aliphatic heterocycles. The molecular weight excluding hydrogens is 353 g/mol. The highest BCUT2D eigenvalue weighted by molar-refractivity contribution is 8.02. The predicted molar refractivity (Wildman–Crippen MR) is 115 cm³/mol. The number of hydrogen-bond donors (Lipinski definition) is 0. The average molecular weight is 376 g/mol. The zero-order valence-electron chi connectivity index (χ0n) is 15.7. The van der Waals surface area contributed by atoms with E-state index in [0.717, 1.165) is 21.9 Å². The first kappa shape index (κ1) is 19.1. The lowest BCUT2D eigenvalue weighted by molar-refractivity contribution is 0.626. The molecule has 0 saturated heterocycles. The Morgan fingerprint density at radius 1 is 0.889 bits per heavy atom. The minimum Gasteiger partial charge on any atom is -0.248 e. The van der Waals surface area contributed by atoms with Gasteiger partial charge in [-0.05, 0) is 79.8 Å². The van der Waals surface area contributed by atoms with Crippen molar-refractivity contribution in [2.45, 2.75) is 25.7 Å². The van der Waals surface area contributed by atoms with E-state index in [1.54, 1.807) is 23.9 Å². The quantitative estimate of drug-likeness (QED) is 0.340. The van der Waals surface area contributed by atoms with E-state index in [2.05, 4.69) is 51.1 Å². The first-order chi connectivity index (χ1) is 13.0. The molecule has 0 unspecified atom stereocenters. The molecule has 27 heavy (non-hydrogen) atoms. The summed E-state index contributed by atoms with van der Waals surface area (Å²) in [6.07, 6.45) is 2.02. The SMILES string of the molecule is Cc1ccc(N=C(C=CSc2ccc(F)cc2)c2cccc(C)c2C)cc1. The summed E-state index contributed by atoms with van der Waals surface area (Å²) in [7, 11) is 0. The number of aryl methyl sites for hydroxylation is 2. The van der Waals surface area contributed by atoms with Crippen LogP contribution >= 0.6 is 11.8 Å². The monoisotopic (exact) mass is 375 g/mol. The molecule has 3 aromatic carbocycles. The molecule has 0 spiro atoms. The average Bonchev–Trinajstić information content (AvgIpc) is 2.66. The summed E-state index contributed by atoms with van der Waals surface area (Å²) < 4.78 is 13.1. The van der Waals surface area contributed by atoms with Gasteiger partial charge in [-0.3, -0.25) is 0 Å². The van der Waals surface area contributed by atoms with Crippen LogP contribution in [0.3, 0.4) is 0 Å². The van der Waals surface area contributed by atoms with E-state index in [1.165, 1.54) is 28.8 Å². The van der Waals surface area contributed by atoms with Gasteiger partial charge in [-0.2, -0.15) is 0 Å². The van der Waals surface area contributed by atoms with Gasteiger partial charge in [0.05, 0.1) is 11.4 Å². The lowest BCUT2D eigenvalue weighted by Gasteiger charge is -2.09. The number of thioether (sulfide) groups is 1. The Hall–Kier alpha value is -2.65. The third-order valence-electron chi connectivity index (χ3n) is 4.41. The number of benzene rings is 3. The molecule has 3 rings (SSSR count). The number of allylic oxidation sites excluding steroid dienone is 1. The fourth-order valence-electron chi connectivity index (χ4n) is 2.66. The van der Waals surface area contributed by atoms with Crippen LogP contribution in [0.15, 0.2) is 88.1 Å². The lowest BCUT2D eigenvalue weighted by atomic mass is 9.99. The molecule has 0 N–H and O–H groups in total. The van der Waals surface area contributed by atoms with Crippen molar-refractivity contribution in [1.82, 2.24) is 0 Å². The van der Waals surface area contributed by atoms with Gasteiger partial charge in [0.25, 0.3) is 0 Å². The van der Waals surface area contributed by atoms with Crippen LogP contribution in [0.4, 0.5) is 10.1 Å². The van der Waals surface area contributed by atoms with Crippen molar-refractivity contribution < 1.29 is 4.39 Å². The van der Waals surface area contributed by atoms with Crippen LogP contribution in [0.2, 0.25) is 0 Å². The Morgan fingerprint density at radius 2 is 1.59 bits per heavy atom. The minimum absolute atomic E-state index is 0.222. The summed E-state index contributed by atoms with van der Waals surface area (Å²) >= 11 is 1.55. The predicted octanol–water partition coefficient (Wildman–Crippen LogP) is 7.18. The summed E-state index contributed by atoms with van der Waals surface area (Å²) in [4.78, 5) is 5.86. The Balaban J connectivity index is 1.94. The molecule has 0 saturated carbocycles. The molecule has 0 radical (unpaired) electrons. The van der Waals surface area contributed by atoms with Gasteiger partial charge < -0.3 is 0 Å². The molecule has 136 valence electrons. The van der Waals surface area contributed by atoms with Gasteiger partial charge >= 0.3 is 0 Å². The number of nitrogens with zero attached hydrogens (tertiary/aromatic N) is 1. The summed E-state index contributed by atoms with van der Waals surface area (Å²) in [5.41, 5.74) is 6.63. The van der Waals surface area contributed by atoms with E-state index in [9.17, 15) is 4.39 Å². The van der Waals surface area contributed by atoms with Crippen molar-refractivity contribution in [3.05, 3.63) is 106 Å². The Bertz CT molecular complexity index is 970. The molecule has 0 atom stereocenters. The highest BCUT2D eigenvalue weighted by Crippen LogP contribution is 2.23. The smallest absolute Gasteiger partial charge is 0.123 e. The summed E-state index contributed by atoms with van der Waals surface area (Å²) in [5, 5.41) is 2.00. The molecule has 1 nitrogen and oxygen atoms in total. The van der Waals surface area contributed by atoms with Crippen molar-refractivity contribution in [2.75, 3.05) is 0 Å². The van der Waals surface area contributed by atoms with Crippen LogP contribution in [0.25, 0.3) is 0 Å². The molecule has 3 aromatic rings. The van der Waals surface area contributed by atoms with E-state index in [1.807, 2.05) is 23.6 Å². The van der Waals surface area contributed by atoms with Crippen LogP contribution in [-0.2, 0) is 0 Å². The van der Waals surface area contributed by atoms with E-state index in [-0.39, 0.29) is 5.82 Å². The third kappa shape index (κ3) is 5.18. The highest BCUT2D eigenvalue weighted by Gasteiger charge is 2.06. The zero-order valence-corrected chi connectivity index (χ0v) is 16.6. The summed E-state index contributed by atoms with van der Waals surface area (Å²) in [5.74, 6) is -0.222. The maximum absolute atomic E-state index is 13.1. The number of rotatable bonds is 5. The fourth-order valence-corrected chi connectivity index (χ4v) is 3.31. The molecular formula is C24H22FNS. The lowest BCUT2D eigenvalue weighted by Crippen LogP contribution is -2.01. The number of aliphatic imine (C=N–C) groups is 1. The minimum atomic E-state index is -0.222. The van der Waals surface area contributed by atoms with Crippen molar-refractivity contribution >= 4 is 23.2 Å². The topological polar surface area (TPSA) is 12.4 Å². The van der Waals surface area contributed by atoms with E-state index >= 15 is 0 Å². The first-order valence-electron chi connectivity index (χ1n) is 8.83. The second-order valence-electron chi connectivity index (χ2n) is 6.45. The highest BCUT2D eigenvalue weighted by atomic mass is 32.2. The molecule has 3 heteroatoms. The standard InChI is InChI=1S/C24H22FNS/c1-17-7-11-21(12-8-17)26-24(23-6-4-5-18(2)19(23)3)15-16-27-22-13-9-20(25)10-14-22/h4-16H,1-3H3. The maximum atomic E-state index is 13.1. The Labute approximate surface area is 164 Å². The first-order valence-corrected chi connectivity index (χ1v) is 9.71. The van der Waals surface area contributed by atoms with Crippen LogP contribution in [-0.4, -0.2) is 5.71 Å². The van der Waals surface area contributed by atoms with Crippen molar-refractivity contribution in [2.24, 2.45) is 4.99 Å². The van der Waals surface area contributed by atoms with E-state index in [4.69, 9.17) is 4.99 Å². The van der Waals surface area contributed by atoms with Crippen LogP contribution in [0.5, 0.6) is 0 Å². The molecule has 0 bridgehead atoms. The van der Waals surface area contributed by atoms with Crippen LogP contribution in [0.1, 0.15) is 22.3 Å². The second kappa shape index (κ2) is 8.83. The molecule has 0 aliphatic rings. The van der Waals surface area contributed by atoms with Gasteiger partial charge in [0.1, 0.15) is 5.82 Å². The normalized spacial score (nSPS) is 11.9. The summed E-state index contributed by atoms with van der Waals surface area (Å²) in [6.45, 7) is 6.30. The van der Waals surface area contributed by atoms with E-state index in [0.29, 0.717) is 0 Å². The van der Waals surface area contributed by atoms with Crippen LogP contribution < -0.4 is 0 Å². The fraction of sp³-hybridized carbons (Fsp3) is 0.125. The van der Waals surface area contributed by atoms with Crippen molar-refractivity contribution in [3.8, 4) is 0 Å². The Morgan fingerprint density at radius 3 is 2.30 bits per heavy atom. The summed E-state index contributed by atoms with van der Waals surface area (Å²) in [6, 6.07) is 21.0. The molecule has 0 aromatic heterocycles. The molecule has 0 heterocycles. The molecule has 0 aliphatic carbocycles. The van der Waals surface area contributed by atoms with Gasteiger partial charge in [0.15, 0.2) is 0 Å². The van der Waals surface area contributed by atoms with E-state index < -0.39 is 0 Å². The maximum Gasteiger partial charge on any atom is 0.123 e.